The van der Waals surface area contributed by atoms with Crippen molar-refractivity contribution in [3.63, 3.8) is 0 Å². The lowest BCUT2D eigenvalue weighted by Crippen LogP contribution is -2.04. The van der Waals surface area contributed by atoms with E-state index in [9.17, 15) is 4.79 Å². The summed E-state index contributed by atoms with van der Waals surface area (Å²) < 4.78 is 5.20. The Morgan fingerprint density at radius 2 is 2.23 bits per heavy atom. The van der Waals surface area contributed by atoms with Crippen LogP contribution in [-0.2, 0) is 16.0 Å². The summed E-state index contributed by atoms with van der Waals surface area (Å²) in [5.41, 5.74) is 2.49. The number of hydrogen-bond acceptors (Lipinski definition) is 2. The minimum absolute atomic E-state index is 0.00583. The molecule has 0 spiro atoms. The van der Waals surface area contributed by atoms with Gasteiger partial charge in [0.15, 0.2) is 0 Å². The van der Waals surface area contributed by atoms with Crippen LogP contribution >= 0.6 is 0 Å². The van der Waals surface area contributed by atoms with E-state index in [1.807, 2.05) is 18.2 Å². The van der Waals surface area contributed by atoms with Crippen molar-refractivity contribution >= 4 is 5.97 Å². The summed E-state index contributed by atoms with van der Waals surface area (Å²) in [6.45, 7) is 1.46. The molecule has 0 bridgehead atoms. The summed E-state index contributed by atoms with van der Waals surface area (Å²) in [5, 5.41) is 0. The maximum Gasteiger partial charge on any atom is 0.303 e. The first kappa shape index (κ1) is 8.30. The predicted octanol–water partition coefficient (Wildman–Crippen LogP) is 2.24. The molecule has 0 saturated heterocycles. The van der Waals surface area contributed by atoms with Crippen molar-refractivity contribution < 1.29 is 9.53 Å². The lowest BCUT2D eigenvalue weighted by Gasteiger charge is -2.10. The average Bonchev–Trinajstić information content (AvgIpc) is 2.48. The summed E-state index contributed by atoms with van der Waals surface area (Å²) >= 11 is 0. The normalized spacial score (nSPS) is 19.6. The largest absolute Gasteiger partial charge is 0.458 e. The molecule has 2 rings (SSSR count). The van der Waals surface area contributed by atoms with Crippen molar-refractivity contribution in [2.75, 3.05) is 0 Å². The van der Waals surface area contributed by atoms with E-state index in [0.717, 1.165) is 12.8 Å². The molecule has 1 aliphatic rings. The number of fused-ring (bicyclic) bond motifs is 1. The van der Waals surface area contributed by atoms with Gasteiger partial charge in [0.05, 0.1) is 0 Å². The van der Waals surface area contributed by atoms with E-state index in [4.69, 9.17) is 4.74 Å². The molecule has 0 fully saturated rings. The van der Waals surface area contributed by atoms with E-state index in [-0.39, 0.29) is 12.1 Å². The Hall–Kier alpha value is -1.31. The maximum absolute atomic E-state index is 10.8. The highest BCUT2D eigenvalue weighted by atomic mass is 16.5. The van der Waals surface area contributed by atoms with E-state index >= 15 is 0 Å². The zero-order chi connectivity index (χ0) is 9.26. The highest BCUT2D eigenvalue weighted by Gasteiger charge is 2.23. The topological polar surface area (TPSA) is 26.3 Å². The summed E-state index contributed by atoms with van der Waals surface area (Å²) in [4.78, 5) is 10.8. The van der Waals surface area contributed by atoms with Gasteiger partial charge in [-0.05, 0) is 24.0 Å². The average molecular weight is 176 g/mol. The van der Waals surface area contributed by atoms with E-state index in [1.165, 1.54) is 18.1 Å². The first-order valence-corrected chi connectivity index (χ1v) is 4.52. The van der Waals surface area contributed by atoms with Gasteiger partial charge in [-0.3, -0.25) is 4.79 Å². The Labute approximate surface area is 77.5 Å². The van der Waals surface area contributed by atoms with Crippen molar-refractivity contribution in [1.82, 2.24) is 0 Å². The van der Waals surface area contributed by atoms with Gasteiger partial charge in [0.25, 0.3) is 0 Å². The zero-order valence-corrected chi connectivity index (χ0v) is 7.62. The second-order valence-electron chi connectivity index (χ2n) is 3.34. The van der Waals surface area contributed by atoms with Gasteiger partial charge < -0.3 is 4.74 Å². The lowest BCUT2D eigenvalue weighted by atomic mass is 10.1. The molecule has 1 aliphatic carbocycles. The fourth-order valence-corrected chi connectivity index (χ4v) is 1.84. The van der Waals surface area contributed by atoms with Gasteiger partial charge in [0, 0.05) is 6.92 Å². The molecule has 0 aromatic heterocycles. The third-order valence-electron chi connectivity index (χ3n) is 2.39. The van der Waals surface area contributed by atoms with Gasteiger partial charge in [-0.1, -0.05) is 24.3 Å². The second kappa shape index (κ2) is 3.21. The number of carbonyl (C=O) groups is 1. The number of aryl methyl sites for hydroxylation is 1. The maximum atomic E-state index is 10.8. The highest BCUT2D eigenvalue weighted by molar-refractivity contribution is 5.66. The van der Waals surface area contributed by atoms with Crippen LogP contribution in [0.2, 0.25) is 0 Å². The molecule has 1 atom stereocenters. The van der Waals surface area contributed by atoms with Crippen LogP contribution in [0, 0.1) is 0 Å². The second-order valence-corrected chi connectivity index (χ2v) is 3.34. The summed E-state index contributed by atoms with van der Waals surface area (Å²) in [6, 6.07) is 8.14. The molecular weight excluding hydrogens is 164 g/mol. The SMILES string of the molecule is CC(=O)OC1CCc2ccccc21. The van der Waals surface area contributed by atoms with Crippen LogP contribution in [0.5, 0.6) is 0 Å². The van der Waals surface area contributed by atoms with Gasteiger partial charge >= 0.3 is 5.97 Å². The Kier molecular flexibility index (Phi) is 2.05. The Bertz CT molecular complexity index is 331. The molecule has 2 heteroatoms. The van der Waals surface area contributed by atoms with Crippen molar-refractivity contribution in [3.05, 3.63) is 35.4 Å². The summed E-state index contributed by atoms with van der Waals surface area (Å²) in [5.74, 6) is -0.193. The van der Waals surface area contributed by atoms with Crippen LogP contribution in [0.15, 0.2) is 24.3 Å². The number of carbonyl (C=O) groups excluding carboxylic acids is 1. The fourth-order valence-electron chi connectivity index (χ4n) is 1.84. The monoisotopic (exact) mass is 176 g/mol. The van der Waals surface area contributed by atoms with Crippen LogP contribution in [0.3, 0.4) is 0 Å². The first-order chi connectivity index (χ1) is 6.27. The van der Waals surface area contributed by atoms with Gasteiger partial charge in [-0.25, -0.2) is 0 Å². The standard InChI is InChI=1S/C11H12O2/c1-8(12)13-11-7-6-9-4-2-3-5-10(9)11/h2-5,11H,6-7H2,1H3. The molecule has 13 heavy (non-hydrogen) atoms. The third-order valence-corrected chi connectivity index (χ3v) is 2.39. The van der Waals surface area contributed by atoms with E-state index < -0.39 is 0 Å². The van der Waals surface area contributed by atoms with Gasteiger partial charge in [0.2, 0.25) is 0 Å². The molecule has 1 aromatic rings. The van der Waals surface area contributed by atoms with Crippen molar-refractivity contribution in [2.45, 2.75) is 25.9 Å². The number of benzene rings is 1. The molecule has 68 valence electrons. The summed E-state index contributed by atoms with van der Waals surface area (Å²) in [6.07, 6.45) is 1.95. The highest BCUT2D eigenvalue weighted by Crippen LogP contribution is 2.33. The van der Waals surface area contributed by atoms with Crippen molar-refractivity contribution in [2.24, 2.45) is 0 Å². The number of esters is 1. The van der Waals surface area contributed by atoms with Gasteiger partial charge in [-0.15, -0.1) is 0 Å². The lowest BCUT2D eigenvalue weighted by molar-refractivity contribution is -0.146. The van der Waals surface area contributed by atoms with Crippen LogP contribution in [0.4, 0.5) is 0 Å². The first-order valence-electron chi connectivity index (χ1n) is 4.52. The van der Waals surface area contributed by atoms with E-state index in [0.29, 0.717) is 0 Å². The molecular formula is C11H12O2. The zero-order valence-electron chi connectivity index (χ0n) is 7.62. The summed E-state index contributed by atoms with van der Waals surface area (Å²) in [7, 11) is 0. The predicted molar refractivity (Wildman–Crippen MR) is 49.3 cm³/mol. The van der Waals surface area contributed by atoms with Crippen LogP contribution in [0.1, 0.15) is 30.6 Å². The fraction of sp³-hybridized carbons (Fsp3) is 0.364. The van der Waals surface area contributed by atoms with Crippen LogP contribution in [0.25, 0.3) is 0 Å². The molecule has 0 heterocycles. The molecule has 0 N–H and O–H groups in total. The Balaban J connectivity index is 2.23. The molecule has 0 saturated carbocycles. The third kappa shape index (κ3) is 1.57. The minimum atomic E-state index is -0.193. The number of ether oxygens (including phenoxy) is 1. The van der Waals surface area contributed by atoms with Crippen LogP contribution < -0.4 is 0 Å². The molecule has 2 nitrogen and oxygen atoms in total. The molecule has 0 radical (unpaired) electrons. The molecule has 0 aliphatic heterocycles. The van der Waals surface area contributed by atoms with Crippen molar-refractivity contribution in [1.29, 1.82) is 0 Å². The van der Waals surface area contributed by atoms with Crippen molar-refractivity contribution in [3.8, 4) is 0 Å². The quantitative estimate of drug-likeness (QED) is 0.613. The number of hydrogen-bond donors (Lipinski definition) is 0. The minimum Gasteiger partial charge on any atom is -0.458 e. The molecule has 1 aromatic carbocycles. The Morgan fingerprint density at radius 1 is 1.46 bits per heavy atom. The Morgan fingerprint density at radius 3 is 3.00 bits per heavy atom. The number of rotatable bonds is 1. The molecule has 1 unspecified atom stereocenters. The smallest absolute Gasteiger partial charge is 0.303 e. The van der Waals surface area contributed by atoms with E-state index in [1.54, 1.807) is 0 Å². The van der Waals surface area contributed by atoms with E-state index in [2.05, 4.69) is 6.07 Å². The van der Waals surface area contributed by atoms with Gasteiger partial charge in [-0.2, -0.15) is 0 Å². The van der Waals surface area contributed by atoms with Gasteiger partial charge in [0.1, 0.15) is 6.10 Å². The van der Waals surface area contributed by atoms with Crippen LogP contribution in [-0.4, -0.2) is 5.97 Å². The molecule has 0 amide bonds.